The van der Waals surface area contributed by atoms with Gasteiger partial charge in [-0.3, -0.25) is 0 Å². The summed E-state index contributed by atoms with van der Waals surface area (Å²) in [6.07, 6.45) is 2.74. The standard InChI is InChI=1S/C15H21NO2.C9H6FN3O4/c1-9-10-7-8-13(16)12(10)6-5-11(9)14(17)18-15(2,3)4;1-17-9(16)5-2-6(8(14)15)13-7(12-5)4(10)3-11-13/h5-6,13H,7-8,16H2,1-4H3;2-3H,1H3,(H,14,15)/t13-;/m0./s1. The molecule has 3 aromatic rings. The molecule has 0 radical (unpaired) electrons. The summed E-state index contributed by atoms with van der Waals surface area (Å²) < 4.78 is 23.9. The van der Waals surface area contributed by atoms with E-state index in [0.717, 1.165) is 42.3 Å². The summed E-state index contributed by atoms with van der Waals surface area (Å²) in [6, 6.07) is 4.90. The van der Waals surface area contributed by atoms with Crippen molar-refractivity contribution in [2.24, 2.45) is 5.73 Å². The van der Waals surface area contributed by atoms with E-state index < -0.39 is 23.4 Å². The molecule has 10 nitrogen and oxygen atoms in total. The molecular weight excluding hydrogens is 459 g/mol. The third-order valence-electron chi connectivity index (χ3n) is 5.40. The molecule has 2 aromatic heterocycles. The molecule has 0 spiro atoms. The number of carbonyl (C=O) groups is 3. The number of carboxylic acids is 1. The molecule has 2 heterocycles. The van der Waals surface area contributed by atoms with E-state index in [1.54, 1.807) is 0 Å². The Kier molecular flexibility index (Phi) is 7.20. The van der Waals surface area contributed by atoms with Crippen LogP contribution in [0, 0.1) is 12.7 Å². The van der Waals surface area contributed by atoms with Gasteiger partial charge in [-0.15, -0.1) is 0 Å². The number of nitrogens with two attached hydrogens (primary N) is 1. The number of halogens is 1. The molecule has 0 amide bonds. The van der Waals surface area contributed by atoms with Crippen molar-refractivity contribution in [3.63, 3.8) is 0 Å². The van der Waals surface area contributed by atoms with Gasteiger partial charge in [-0.25, -0.2) is 28.3 Å². The molecule has 0 unspecified atom stereocenters. The summed E-state index contributed by atoms with van der Waals surface area (Å²) in [6.45, 7) is 7.62. The minimum Gasteiger partial charge on any atom is -0.477 e. The predicted molar refractivity (Wildman–Crippen MR) is 123 cm³/mol. The molecule has 0 aliphatic heterocycles. The van der Waals surface area contributed by atoms with Crippen LogP contribution in [0.2, 0.25) is 0 Å². The second-order valence-corrected chi connectivity index (χ2v) is 9.00. The maximum absolute atomic E-state index is 13.2. The van der Waals surface area contributed by atoms with Crippen molar-refractivity contribution in [1.29, 1.82) is 0 Å². The summed E-state index contributed by atoms with van der Waals surface area (Å²) in [5.74, 6) is -3.28. The van der Waals surface area contributed by atoms with Gasteiger partial charge >= 0.3 is 17.9 Å². The average molecular weight is 487 g/mol. The van der Waals surface area contributed by atoms with Crippen LogP contribution in [0.1, 0.15) is 81.3 Å². The lowest BCUT2D eigenvalue weighted by Gasteiger charge is -2.21. The van der Waals surface area contributed by atoms with Crippen LogP contribution in [-0.2, 0) is 15.9 Å². The SMILES string of the molecule is COC(=O)c1cc(C(=O)O)n2ncc(F)c2n1.Cc1c(C(=O)OC(C)(C)C)ccc2c1CC[C@@H]2N. The monoisotopic (exact) mass is 486 g/mol. The van der Waals surface area contributed by atoms with Gasteiger partial charge in [0.05, 0.1) is 18.9 Å². The topological polar surface area (TPSA) is 146 Å². The van der Waals surface area contributed by atoms with Crippen molar-refractivity contribution in [1.82, 2.24) is 14.6 Å². The van der Waals surface area contributed by atoms with Crippen molar-refractivity contribution < 1.29 is 33.4 Å². The molecule has 35 heavy (non-hydrogen) atoms. The molecule has 0 bridgehead atoms. The van der Waals surface area contributed by atoms with Gasteiger partial charge in [-0.05, 0) is 63.3 Å². The molecule has 1 aliphatic carbocycles. The number of aromatic carboxylic acids is 1. The van der Waals surface area contributed by atoms with Crippen molar-refractivity contribution in [3.8, 4) is 0 Å². The van der Waals surface area contributed by atoms with Gasteiger partial charge in [0.25, 0.3) is 0 Å². The zero-order valence-electron chi connectivity index (χ0n) is 20.1. The van der Waals surface area contributed by atoms with Crippen molar-refractivity contribution >= 4 is 23.6 Å². The first-order valence-electron chi connectivity index (χ1n) is 10.8. The Morgan fingerprint density at radius 1 is 1.23 bits per heavy atom. The highest BCUT2D eigenvalue weighted by atomic mass is 19.1. The quantitative estimate of drug-likeness (QED) is 0.533. The number of hydrogen-bond acceptors (Lipinski definition) is 8. The maximum Gasteiger partial charge on any atom is 0.356 e. The molecule has 3 N–H and O–H groups in total. The number of rotatable bonds is 3. The van der Waals surface area contributed by atoms with E-state index >= 15 is 0 Å². The smallest absolute Gasteiger partial charge is 0.356 e. The van der Waals surface area contributed by atoms with Gasteiger partial charge in [0.15, 0.2) is 22.9 Å². The molecule has 11 heteroatoms. The van der Waals surface area contributed by atoms with Crippen LogP contribution in [0.5, 0.6) is 0 Å². The second-order valence-electron chi connectivity index (χ2n) is 9.00. The zero-order valence-corrected chi connectivity index (χ0v) is 20.1. The Hall–Kier alpha value is -3.86. The number of esters is 2. The number of aromatic nitrogens is 3. The average Bonchev–Trinajstić information content (AvgIpc) is 3.35. The molecule has 186 valence electrons. The van der Waals surface area contributed by atoms with Crippen molar-refractivity contribution in [3.05, 3.63) is 63.9 Å². The van der Waals surface area contributed by atoms with Crippen LogP contribution in [0.15, 0.2) is 24.4 Å². The van der Waals surface area contributed by atoms with E-state index in [-0.39, 0.29) is 29.0 Å². The number of hydrogen-bond donors (Lipinski definition) is 2. The van der Waals surface area contributed by atoms with E-state index in [4.69, 9.17) is 15.6 Å². The summed E-state index contributed by atoms with van der Waals surface area (Å²) in [5, 5.41) is 12.4. The highest BCUT2D eigenvalue weighted by Crippen LogP contribution is 2.33. The van der Waals surface area contributed by atoms with Crippen molar-refractivity contribution in [2.45, 2.75) is 52.2 Å². The number of carboxylic acid groups (broad SMARTS) is 1. The lowest BCUT2D eigenvalue weighted by atomic mass is 9.98. The van der Waals surface area contributed by atoms with Crippen LogP contribution < -0.4 is 5.73 Å². The van der Waals surface area contributed by atoms with Gasteiger partial charge in [-0.1, -0.05) is 6.07 Å². The van der Waals surface area contributed by atoms with Crippen LogP contribution in [-0.4, -0.2) is 50.3 Å². The van der Waals surface area contributed by atoms with Crippen molar-refractivity contribution in [2.75, 3.05) is 7.11 Å². The minimum absolute atomic E-state index is 0.117. The fraction of sp³-hybridized carbons (Fsp3) is 0.375. The fourth-order valence-corrected chi connectivity index (χ4v) is 3.76. The van der Waals surface area contributed by atoms with E-state index in [2.05, 4.69) is 14.8 Å². The van der Waals surface area contributed by atoms with Gasteiger partial charge in [0.1, 0.15) is 5.60 Å². The highest BCUT2D eigenvalue weighted by Gasteiger charge is 2.26. The molecule has 0 fully saturated rings. The normalized spacial score (nSPS) is 14.7. The summed E-state index contributed by atoms with van der Waals surface area (Å²) in [4.78, 5) is 37.9. The van der Waals surface area contributed by atoms with E-state index in [9.17, 15) is 18.8 Å². The Labute approximate surface area is 200 Å². The van der Waals surface area contributed by atoms with E-state index in [0.29, 0.717) is 5.56 Å². The highest BCUT2D eigenvalue weighted by molar-refractivity contribution is 5.93. The summed E-state index contributed by atoms with van der Waals surface area (Å²) in [7, 11) is 1.11. The predicted octanol–water partition coefficient (Wildman–Crippen LogP) is 3.25. The van der Waals surface area contributed by atoms with E-state index in [1.807, 2.05) is 39.8 Å². The number of methoxy groups -OCH3 is 1. The first kappa shape index (κ1) is 25.8. The summed E-state index contributed by atoms with van der Waals surface area (Å²) >= 11 is 0. The fourth-order valence-electron chi connectivity index (χ4n) is 3.76. The lowest BCUT2D eigenvalue weighted by molar-refractivity contribution is 0.00681. The van der Waals surface area contributed by atoms with Gasteiger partial charge in [0, 0.05) is 12.1 Å². The maximum atomic E-state index is 13.2. The number of carbonyl (C=O) groups excluding carboxylic acids is 2. The van der Waals surface area contributed by atoms with Gasteiger partial charge < -0.3 is 20.3 Å². The largest absolute Gasteiger partial charge is 0.477 e. The number of benzene rings is 1. The molecular formula is C24H27FN4O6. The minimum atomic E-state index is -1.36. The van der Waals surface area contributed by atoms with Crippen LogP contribution in [0.25, 0.3) is 5.65 Å². The first-order chi connectivity index (χ1) is 16.3. The molecule has 4 rings (SSSR count). The Morgan fingerprint density at radius 2 is 1.91 bits per heavy atom. The number of ether oxygens (including phenoxy) is 2. The third kappa shape index (κ3) is 5.46. The zero-order chi connectivity index (χ0) is 26.1. The molecule has 0 saturated heterocycles. The second kappa shape index (κ2) is 9.79. The van der Waals surface area contributed by atoms with Crippen LogP contribution in [0.3, 0.4) is 0 Å². The van der Waals surface area contributed by atoms with E-state index in [1.165, 1.54) is 11.1 Å². The first-order valence-corrected chi connectivity index (χ1v) is 10.8. The Bertz CT molecular complexity index is 1310. The third-order valence-corrected chi connectivity index (χ3v) is 5.40. The molecule has 1 aromatic carbocycles. The van der Waals surface area contributed by atoms with Gasteiger partial charge in [-0.2, -0.15) is 5.10 Å². The lowest BCUT2D eigenvalue weighted by Crippen LogP contribution is -2.24. The Balaban J connectivity index is 0.000000196. The van der Waals surface area contributed by atoms with Crippen LogP contribution >= 0.6 is 0 Å². The molecule has 0 saturated carbocycles. The van der Waals surface area contributed by atoms with Gasteiger partial charge in [0.2, 0.25) is 0 Å². The summed E-state index contributed by atoms with van der Waals surface area (Å²) in [5.41, 5.74) is 8.65. The van der Waals surface area contributed by atoms with Crippen LogP contribution in [0.4, 0.5) is 4.39 Å². The number of fused-ring (bicyclic) bond motifs is 2. The number of nitrogens with zero attached hydrogens (tertiary/aromatic N) is 3. The molecule has 1 aliphatic rings. The Morgan fingerprint density at radius 3 is 2.51 bits per heavy atom. The molecule has 1 atom stereocenters.